The van der Waals surface area contributed by atoms with E-state index in [9.17, 15) is 9.59 Å². The number of hydrogen-bond acceptors (Lipinski definition) is 4. The maximum atomic E-state index is 12.3. The van der Waals surface area contributed by atoms with Crippen LogP contribution in [0.4, 0.5) is 17.1 Å². The number of rotatable bonds is 9. The Morgan fingerprint density at radius 1 is 0.806 bits per heavy atom. The van der Waals surface area contributed by atoms with Gasteiger partial charge in [-0.2, -0.15) is 0 Å². The molecule has 0 aliphatic rings. The third kappa shape index (κ3) is 6.89. The molecule has 0 unspecified atom stereocenters. The van der Waals surface area contributed by atoms with Crippen molar-refractivity contribution in [3.05, 3.63) is 84.4 Å². The molecular weight excluding hydrogens is 390 g/mol. The second-order valence-electron chi connectivity index (χ2n) is 7.39. The van der Waals surface area contributed by atoms with E-state index in [1.807, 2.05) is 68.4 Å². The number of para-hydroxylation sites is 2. The van der Waals surface area contributed by atoms with Gasteiger partial charge < -0.3 is 20.7 Å². The molecule has 3 aromatic carbocycles. The maximum Gasteiger partial charge on any atom is 0.243 e. The van der Waals surface area contributed by atoms with Crippen molar-refractivity contribution in [2.24, 2.45) is 5.92 Å². The van der Waals surface area contributed by atoms with Crippen LogP contribution in [0, 0.1) is 5.92 Å². The van der Waals surface area contributed by atoms with Crippen molar-refractivity contribution >= 4 is 28.9 Å². The van der Waals surface area contributed by atoms with Crippen molar-refractivity contribution in [1.29, 1.82) is 0 Å². The molecule has 0 atom stereocenters. The third-order valence-corrected chi connectivity index (χ3v) is 4.52. The van der Waals surface area contributed by atoms with Gasteiger partial charge in [-0.15, -0.1) is 0 Å². The minimum absolute atomic E-state index is 0.0471. The smallest absolute Gasteiger partial charge is 0.243 e. The van der Waals surface area contributed by atoms with E-state index < -0.39 is 0 Å². The zero-order valence-electron chi connectivity index (χ0n) is 17.7. The normalized spacial score (nSPS) is 10.4. The van der Waals surface area contributed by atoms with Gasteiger partial charge in [-0.3, -0.25) is 9.59 Å². The van der Waals surface area contributed by atoms with Crippen molar-refractivity contribution in [3.63, 3.8) is 0 Å². The third-order valence-electron chi connectivity index (χ3n) is 4.52. The van der Waals surface area contributed by atoms with Crippen LogP contribution in [-0.2, 0) is 16.2 Å². The molecule has 0 heterocycles. The lowest BCUT2D eigenvalue weighted by Crippen LogP contribution is -2.22. The monoisotopic (exact) mass is 417 g/mol. The molecule has 0 fully saturated rings. The number of amides is 2. The lowest BCUT2D eigenvalue weighted by molar-refractivity contribution is -0.119. The van der Waals surface area contributed by atoms with E-state index in [-0.39, 0.29) is 24.3 Å². The molecule has 0 bridgehead atoms. The summed E-state index contributed by atoms with van der Waals surface area (Å²) in [5.41, 5.74) is 3.17. The second kappa shape index (κ2) is 10.8. The van der Waals surface area contributed by atoms with Crippen molar-refractivity contribution in [2.45, 2.75) is 20.5 Å². The van der Waals surface area contributed by atoms with Crippen LogP contribution < -0.4 is 20.7 Å². The average Bonchev–Trinajstić information content (AvgIpc) is 2.78. The van der Waals surface area contributed by atoms with Crippen LogP contribution in [0.1, 0.15) is 19.4 Å². The lowest BCUT2D eigenvalue weighted by Gasteiger charge is -2.13. The van der Waals surface area contributed by atoms with Crippen molar-refractivity contribution in [2.75, 3.05) is 22.5 Å². The predicted molar refractivity (Wildman–Crippen MR) is 124 cm³/mol. The van der Waals surface area contributed by atoms with E-state index in [4.69, 9.17) is 4.74 Å². The van der Waals surface area contributed by atoms with Gasteiger partial charge in [0.15, 0.2) is 0 Å². The first-order valence-corrected chi connectivity index (χ1v) is 10.2. The highest BCUT2D eigenvalue weighted by molar-refractivity contribution is 5.95. The molecule has 0 aliphatic heterocycles. The summed E-state index contributed by atoms with van der Waals surface area (Å²) in [5, 5.41) is 8.78. The predicted octanol–water partition coefficient (Wildman–Crippen LogP) is 4.91. The van der Waals surface area contributed by atoms with Crippen LogP contribution in [0.25, 0.3) is 0 Å². The van der Waals surface area contributed by atoms with Crippen LogP contribution in [0.2, 0.25) is 0 Å². The number of carbonyl (C=O) groups is 2. The Morgan fingerprint density at radius 2 is 1.42 bits per heavy atom. The summed E-state index contributed by atoms with van der Waals surface area (Å²) < 4.78 is 5.91. The molecule has 3 N–H and O–H groups in total. The van der Waals surface area contributed by atoms with Gasteiger partial charge in [0.2, 0.25) is 11.8 Å². The topological polar surface area (TPSA) is 79.5 Å². The Morgan fingerprint density at radius 3 is 2.10 bits per heavy atom. The van der Waals surface area contributed by atoms with Gasteiger partial charge in [0, 0.05) is 17.3 Å². The number of carbonyl (C=O) groups excluding carboxylic acids is 2. The fraction of sp³-hybridized carbons (Fsp3) is 0.200. The number of benzene rings is 3. The fourth-order valence-corrected chi connectivity index (χ4v) is 2.78. The van der Waals surface area contributed by atoms with Crippen molar-refractivity contribution in [3.8, 4) is 5.75 Å². The minimum Gasteiger partial charge on any atom is -0.487 e. The van der Waals surface area contributed by atoms with Gasteiger partial charge in [-0.05, 0) is 42.0 Å². The summed E-state index contributed by atoms with van der Waals surface area (Å²) in [7, 11) is 0. The SMILES string of the molecule is CC(C)C(=O)Nc1ccc(NC(=O)CNc2ccccc2OCc2ccccc2)cc1. The molecule has 0 aromatic heterocycles. The maximum absolute atomic E-state index is 12.3. The molecule has 0 saturated carbocycles. The molecule has 0 aliphatic carbocycles. The summed E-state index contributed by atoms with van der Waals surface area (Å²) in [6.07, 6.45) is 0. The molecule has 6 heteroatoms. The van der Waals surface area contributed by atoms with Gasteiger partial charge >= 0.3 is 0 Å². The molecular formula is C25H27N3O3. The summed E-state index contributed by atoms with van der Waals surface area (Å²) >= 11 is 0. The average molecular weight is 418 g/mol. The van der Waals surface area contributed by atoms with E-state index in [0.717, 1.165) is 11.3 Å². The zero-order valence-corrected chi connectivity index (χ0v) is 17.7. The summed E-state index contributed by atoms with van der Waals surface area (Å²) in [6, 6.07) is 24.5. The molecule has 0 spiro atoms. The summed E-state index contributed by atoms with van der Waals surface area (Å²) in [5.74, 6) is 0.361. The molecule has 160 valence electrons. The Bertz CT molecular complexity index is 1000. The highest BCUT2D eigenvalue weighted by Crippen LogP contribution is 2.24. The van der Waals surface area contributed by atoms with E-state index in [1.165, 1.54) is 0 Å². The molecule has 6 nitrogen and oxygen atoms in total. The largest absolute Gasteiger partial charge is 0.487 e. The summed E-state index contributed by atoms with van der Waals surface area (Å²) in [4.78, 5) is 24.1. The molecule has 2 amide bonds. The lowest BCUT2D eigenvalue weighted by atomic mass is 10.2. The van der Waals surface area contributed by atoms with E-state index >= 15 is 0 Å². The van der Waals surface area contributed by atoms with Gasteiger partial charge in [-0.1, -0.05) is 56.3 Å². The van der Waals surface area contributed by atoms with Crippen LogP contribution in [0.15, 0.2) is 78.9 Å². The Balaban J connectivity index is 1.51. The van der Waals surface area contributed by atoms with Crippen LogP contribution >= 0.6 is 0 Å². The first-order valence-electron chi connectivity index (χ1n) is 10.2. The Labute approximate surface area is 182 Å². The van der Waals surface area contributed by atoms with Gasteiger partial charge in [-0.25, -0.2) is 0 Å². The molecule has 3 aromatic rings. The van der Waals surface area contributed by atoms with Crippen molar-refractivity contribution < 1.29 is 14.3 Å². The first kappa shape index (κ1) is 21.9. The number of anilines is 3. The van der Waals surface area contributed by atoms with E-state index in [1.54, 1.807) is 24.3 Å². The quantitative estimate of drug-likeness (QED) is 0.462. The number of ether oxygens (including phenoxy) is 1. The van der Waals surface area contributed by atoms with E-state index in [0.29, 0.717) is 23.7 Å². The Hall–Kier alpha value is -3.80. The van der Waals surface area contributed by atoms with E-state index in [2.05, 4.69) is 16.0 Å². The molecule has 3 rings (SSSR count). The Kier molecular flexibility index (Phi) is 7.65. The van der Waals surface area contributed by atoms with Gasteiger partial charge in [0.05, 0.1) is 12.2 Å². The van der Waals surface area contributed by atoms with Crippen LogP contribution in [0.5, 0.6) is 5.75 Å². The second-order valence-corrected chi connectivity index (χ2v) is 7.39. The highest BCUT2D eigenvalue weighted by atomic mass is 16.5. The first-order chi connectivity index (χ1) is 15.0. The molecule has 31 heavy (non-hydrogen) atoms. The van der Waals surface area contributed by atoms with Gasteiger partial charge in [0.1, 0.15) is 12.4 Å². The number of nitrogens with one attached hydrogen (secondary N) is 3. The zero-order chi connectivity index (χ0) is 22.1. The number of hydrogen-bond donors (Lipinski definition) is 3. The van der Waals surface area contributed by atoms with Crippen molar-refractivity contribution in [1.82, 2.24) is 0 Å². The standard InChI is InChI=1S/C25H27N3O3/c1-18(2)25(30)28-21-14-12-20(13-15-21)27-24(29)16-26-22-10-6-7-11-23(22)31-17-19-8-4-3-5-9-19/h3-15,18,26H,16-17H2,1-2H3,(H,27,29)(H,28,30). The fourth-order valence-electron chi connectivity index (χ4n) is 2.78. The molecule has 0 saturated heterocycles. The molecule has 0 radical (unpaired) electrons. The van der Waals surface area contributed by atoms with Crippen LogP contribution in [-0.4, -0.2) is 18.4 Å². The van der Waals surface area contributed by atoms with Gasteiger partial charge in [0.25, 0.3) is 0 Å². The minimum atomic E-state index is -0.183. The summed E-state index contributed by atoms with van der Waals surface area (Å²) in [6.45, 7) is 4.21. The highest BCUT2D eigenvalue weighted by Gasteiger charge is 2.09. The van der Waals surface area contributed by atoms with Crippen LogP contribution in [0.3, 0.4) is 0 Å².